The van der Waals surface area contributed by atoms with Crippen LogP contribution in [-0.4, -0.2) is 23.1 Å². The first-order valence-corrected chi connectivity index (χ1v) is 7.94. The summed E-state index contributed by atoms with van der Waals surface area (Å²) >= 11 is 0. The molecule has 0 saturated carbocycles. The number of benzene rings is 1. The van der Waals surface area contributed by atoms with Crippen molar-refractivity contribution in [2.75, 3.05) is 0 Å². The molecule has 1 aromatic rings. The number of piperidine rings is 1. The summed E-state index contributed by atoms with van der Waals surface area (Å²) in [4.78, 5) is 12.1. The number of hydrogen-bond donors (Lipinski definition) is 3. The minimum atomic E-state index is 0.0602. The van der Waals surface area contributed by atoms with E-state index in [0.717, 1.165) is 24.0 Å². The number of carbonyl (C=O) groups is 1. The third-order valence-electron chi connectivity index (χ3n) is 4.74. The maximum atomic E-state index is 12.1. The lowest BCUT2D eigenvalue weighted by atomic mass is 9.89. The van der Waals surface area contributed by atoms with E-state index in [1.165, 1.54) is 12.8 Å². The molecule has 0 radical (unpaired) electrons. The Morgan fingerprint density at radius 2 is 1.76 bits per heavy atom. The number of aliphatic hydroxyl groups is 1. The van der Waals surface area contributed by atoms with Crippen LogP contribution in [0.15, 0.2) is 24.3 Å². The highest BCUT2D eigenvalue weighted by atomic mass is 16.3. The van der Waals surface area contributed by atoms with Gasteiger partial charge in [0, 0.05) is 25.0 Å². The Hall–Kier alpha value is -1.39. The number of aliphatic hydroxyl groups excluding tert-OH is 1. The molecule has 3 N–H and O–H groups in total. The molecule has 2 aliphatic heterocycles. The van der Waals surface area contributed by atoms with Crippen molar-refractivity contribution in [1.82, 2.24) is 10.6 Å². The van der Waals surface area contributed by atoms with Crippen molar-refractivity contribution >= 4 is 5.91 Å². The van der Waals surface area contributed by atoms with E-state index < -0.39 is 0 Å². The Balaban J connectivity index is 1.43. The Morgan fingerprint density at radius 1 is 1.14 bits per heavy atom. The summed E-state index contributed by atoms with van der Waals surface area (Å²) in [6, 6.07) is 8.99. The van der Waals surface area contributed by atoms with Gasteiger partial charge in [-0.25, -0.2) is 0 Å². The van der Waals surface area contributed by atoms with Crippen molar-refractivity contribution in [3.8, 4) is 0 Å². The first kappa shape index (κ1) is 14.5. The van der Waals surface area contributed by atoms with E-state index in [-0.39, 0.29) is 12.5 Å². The molecule has 2 fully saturated rings. The highest BCUT2D eigenvalue weighted by Gasteiger charge is 2.34. The second kappa shape index (κ2) is 6.58. The molecule has 2 atom stereocenters. The zero-order valence-electron chi connectivity index (χ0n) is 12.3. The molecule has 21 heavy (non-hydrogen) atoms. The molecule has 4 heteroatoms. The zero-order chi connectivity index (χ0) is 14.7. The molecule has 1 aromatic carbocycles. The molecule has 4 nitrogen and oxygen atoms in total. The number of carbonyl (C=O) groups excluding carboxylic acids is 1. The van der Waals surface area contributed by atoms with Gasteiger partial charge in [0.05, 0.1) is 6.61 Å². The largest absolute Gasteiger partial charge is 0.392 e. The first-order valence-electron chi connectivity index (χ1n) is 7.94. The quantitative estimate of drug-likeness (QED) is 0.773. The van der Waals surface area contributed by atoms with Gasteiger partial charge in [0.1, 0.15) is 0 Å². The SMILES string of the molecule is O=C(CC1CC2CCC(C1)N2)NCc1ccc(CO)cc1. The van der Waals surface area contributed by atoms with Gasteiger partial charge >= 0.3 is 0 Å². The van der Waals surface area contributed by atoms with Gasteiger partial charge in [-0.15, -0.1) is 0 Å². The van der Waals surface area contributed by atoms with Gasteiger partial charge in [-0.1, -0.05) is 24.3 Å². The fourth-order valence-electron chi connectivity index (χ4n) is 3.64. The van der Waals surface area contributed by atoms with Gasteiger partial charge in [0.2, 0.25) is 5.91 Å². The molecule has 0 spiro atoms. The summed E-state index contributed by atoms with van der Waals surface area (Å²) in [5.41, 5.74) is 1.97. The lowest BCUT2D eigenvalue weighted by Gasteiger charge is -2.28. The minimum absolute atomic E-state index is 0.0602. The van der Waals surface area contributed by atoms with Gasteiger partial charge in [-0.05, 0) is 42.7 Å². The minimum Gasteiger partial charge on any atom is -0.392 e. The number of fused-ring (bicyclic) bond motifs is 2. The maximum absolute atomic E-state index is 12.1. The standard InChI is InChI=1S/C17H24N2O2/c20-11-13-3-1-12(2-4-13)10-18-17(21)9-14-7-15-5-6-16(8-14)19-15/h1-4,14-16,19-20H,5-11H2,(H,18,21). The lowest BCUT2D eigenvalue weighted by Crippen LogP contribution is -2.39. The summed E-state index contributed by atoms with van der Waals surface area (Å²) in [6.45, 7) is 0.632. The van der Waals surface area contributed by atoms with Crippen LogP contribution < -0.4 is 10.6 Å². The van der Waals surface area contributed by atoms with E-state index in [9.17, 15) is 4.79 Å². The maximum Gasteiger partial charge on any atom is 0.220 e. The Morgan fingerprint density at radius 3 is 2.38 bits per heavy atom. The molecular formula is C17H24N2O2. The van der Waals surface area contributed by atoms with Crippen molar-refractivity contribution < 1.29 is 9.90 Å². The normalized spacial score (nSPS) is 27.6. The van der Waals surface area contributed by atoms with Crippen molar-refractivity contribution in [2.24, 2.45) is 5.92 Å². The van der Waals surface area contributed by atoms with Gasteiger partial charge in [0.25, 0.3) is 0 Å². The first-order chi connectivity index (χ1) is 10.2. The predicted octanol–water partition coefficient (Wildman–Crippen LogP) is 1.72. The van der Waals surface area contributed by atoms with E-state index in [4.69, 9.17) is 5.11 Å². The van der Waals surface area contributed by atoms with E-state index in [2.05, 4.69) is 10.6 Å². The van der Waals surface area contributed by atoms with Crippen LogP contribution in [0, 0.1) is 5.92 Å². The lowest BCUT2D eigenvalue weighted by molar-refractivity contribution is -0.122. The van der Waals surface area contributed by atoms with Crippen LogP contribution in [0.1, 0.15) is 43.2 Å². The predicted molar refractivity (Wildman–Crippen MR) is 81.5 cm³/mol. The summed E-state index contributed by atoms with van der Waals surface area (Å²) in [7, 11) is 0. The van der Waals surface area contributed by atoms with Crippen LogP contribution in [0.4, 0.5) is 0 Å². The van der Waals surface area contributed by atoms with Crippen molar-refractivity contribution in [3.05, 3.63) is 35.4 Å². The van der Waals surface area contributed by atoms with E-state index >= 15 is 0 Å². The molecule has 3 rings (SSSR count). The average Bonchev–Trinajstić information content (AvgIpc) is 2.84. The Labute approximate surface area is 125 Å². The third-order valence-corrected chi connectivity index (χ3v) is 4.74. The van der Waals surface area contributed by atoms with Gasteiger partial charge in [-0.2, -0.15) is 0 Å². The van der Waals surface area contributed by atoms with Crippen molar-refractivity contribution in [2.45, 2.75) is 57.3 Å². The number of nitrogens with one attached hydrogen (secondary N) is 2. The molecule has 1 amide bonds. The number of rotatable bonds is 5. The molecule has 2 heterocycles. The third kappa shape index (κ3) is 3.83. The van der Waals surface area contributed by atoms with Crippen LogP contribution >= 0.6 is 0 Å². The summed E-state index contributed by atoms with van der Waals surface area (Å²) in [5.74, 6) is 0.702. The van der Waals surface area contributed by atoms with Crippen LogP contribution in [0.3, 0.4) is 0 Å². The fraction of sp³-hybridized carbons (Fsp3) is 0.588. The van der Waals surface area contributed by atoms with Gasteiger partial charge < -0.3 is 15.7 Å². The molecule has 2 aliphatic rings. The zero-order valence-corrected chi connectivity index (χ0v) is 12.3. The van der Waals surface area contributed by atoms with Crippen LogP contribution in [0.2, 0.25) is 0 Å². The van der Waals surface area contributed by atoms with E-state index in [0.29, 0.717) is 31.0 Å². The van der Waals surface area contributed by atoms with Crippen LogP contribution in [0.25, 0.3) is 0 Å². The molecule has 114 valence electrons. The average molecular weight is 288 g/mol. The second-order valence-electron chi connectivity index (χ2n) is 6.43. The molecule has 2 bridgehead atoms. The molecule has 0 aliphatic carbocycles. The smallest absolute Gasteiger partial charge is 0.220 e. The molecule has 0 aromatic heterocycles. The van der Waals surface area contributed by atoms with E-state index in [1.54, 1.807) is 0 Å². The highest BCUT2D eigenvalue weighted by molar-refractivity contribution is 5.76. The van der Waals surface area contributed by atoms with Crippen molar-refractivity contribution in [3.63, 3.8) is 0 Å². The number of amides is 1. The van der Waals surface area contributed by atoms with Gasteiger partial charge in [-0.3, -0.25) is 4.79 Å². The second-order valence-corrected chi connectivity index (χ2v) is 6.43. The number of hydrogen-bond acceptors (Lipinski definition) is 3. The summed E-state index contributed by atoms with van der Waals surface area (Å²) < 4.78 is 0. The van der Waals surface area contributed by atoms with E-state index in [1.807, 2.05) is 24.3 Å². The Kier molecular flexibility index (Phi) is 4.56. The van der Waals surface area contributed by atoms with Crippen LogP contribution in [0.5, 0.6) is 0 Å². The Bertz CT molecular complexity index is 474. The summed E-state index contributed by atoms with van der Waals surface area (Å²) in [5, 5.41) is 15.6. The molecule has 2 saturated heterocycles. The van der Waals surface area contributed by atoms with Crippen LogP contribution in [-0.2, 0) is 17.9 Å². The fourth-order valence-corrected chi connectivity index (χ4v) is 3.64. The van der Waals surface area contributed by atoms with Crippen molar-refractivity contribution in [1.29, 1.82) is 0 Å². The topological polar surface area (TPSA) is 61.4 Å². The monoisotopic (exact) mass is 288 g/mol. The molecule has 2 unspecified atom stereocenters. The summed E-state index contributed by atoms with van der Waals surface area (Å²) in [6.07, 6.45) is 5.51. The van der Waals surface area contributed by atoms with Gasteiger partial charge in [0.15, 0.2) is 0 Å². The molecular weight excluding hydrogens is 264 g/mol. The highest BCUT2D eigenvalue weighted by Crippen LogP contribution is 2.32.